The standard InChI is InChI=1S/C15H26O/c1-11-6-5-7-12(2)15(11)9-8-13(10-15)14(3,4)16/h6,12-13,16H,5,7-10H2,1-4H3/t12-,13?,15?/m0/s1. The first-order valence-electron chi connectivity index (χ1n) is 6.76. The van der Waals surface area contributed by atoms with Crippen molar-refractivity contribution in [2.24, 2.45) is 17.3 Å². The fraction of sp³-hybridized carbons (Fsp3) is 0.867. The first kappa shape index (κ1) is 12.2. The minimum Gasteiger partial charge on any atom is -0.390 e. The zero-order valence-electron chi connectivity index (χ0n) is 11.2. The predicted molar refractivity (Wildman–Crippen MR) is 68.2 cm³/mol. The maximum Gasteiger partial charge on any atom is 0.0620 e. The summed E-state index contributed by atoms with van der Waals surface area (Å²) in [5.74, 6) is 1.28. The monoisotopic (exact) mass is 222 g/mol. The smallest absolute Gasteiger partial charge is 0.0620 e. The van der Waals surface area contributed by atoms with Crippen LogP contribution < -0.4 is 0 Å². The van der Waals surface area contributed by atoms with Gasteiger partial charge in [0.1, 0.15) is 0 Å². The predicted octanol–water partition coefficient (Wildman–Crippen LogP) is 3.92. The second kappa shape index (κ2) is 3.87. The topological polar surface area (TPSA) is 20.2 Å². The second-order valence-electron chi connectivity index (χ2n) is 6.62. The Balaban J connectivity index is 2.22. The molecule has 0 saturated heterocycles. The van der Waals surface area contributed by atoms with Crippen molar-refractivity contribution in [1.82, 2.24) is 0 Å². The van der Waals surface area contributed by atoms with Gasteiger partial charge in [-0.25, -0.2) is 0 Å². The normalized spacial score (nSPS) is 40.2. The van der Waals surface area contributed by atoms with Gasteiger partial charge in [0.2, 0.25) is 0 Å². The van der Waals surface area contributed by atoms with Crippen molar-refractivity contribution in [1.29, 1.82) is 0 Å². The van der Waals surface area contributed by atoms with Gasteiger partial charge in [0, 0.05) is 0 Å². The average molecular weight is 222 g/mol. The molecule has 0 aromatic heterocycles. The molecule has 1 heteroatoms. The fourth-order valence-corrected chi connectivity index (χ4v) is 3.90. The summed E-state index contributed by atoms with van der Waals surface area (Å²) in [6, 6.07) is 0. The zero-order valence-corrected chi connectivity index (χ0v) is 11.2. The maximum absolute atomic E-state index is 10.2. The van der Waals surface area contributed by atoms with Crippen molar-refractivity contribution >= 4 is 0 Å². The minimum atomic E-state index is -0.499. The molecule has 1 N–H and O–H groups in total. The lowest BCUT2D eigenvalue weighted by Crippen LogP contribution is -2.34. The molecule has 1 saturated carbocycles. The lowest BCUT2D eigenvalue weighted by molar-refractivity contribution is 0.0128. The van der Waals surface area contributed by atoms with Crippen LogP contribution in [0.4, 0.5) is 0 Å². The maximum atomic E-state index is 10.2. The summed E-state index contributed by atoms with van der Waals surface area (Å²) in [6.07, 6.45) is 8.69. The molecule has 0 heterocycles. The van der Waals surface area contributed by atoms with Crippen molar-refractivity contribution in [3.05, 3.63) is 11.6 Å². The first-order valence-corrected chi connectivity index (χ1v) is 6.76. The van der Waals surface area contributed by atoms with Gasteiger partial charge in [-0.1, -0.05) is 18.6 Å². The van der Waals surface area contributed by atoms with Crippen molar-refractivity contribution in [3.8, 4) is 0 Å². The van der Waals surface area contributed by atoms with Crippen molar-refractivity contribution in [3.63, 3.8) is 0 Å². The SMILES string of the molecule is CC1=CCC[C@H](C)C12CCC(C(C)(C)O)C2. The number of allylic oxidation sites excluding steroid dienone is 2. The van der Waals surface area contributed by atoms with Crippen LogP contribution in [0.2, 0.25) is 0 Å². The minimum absolute atomic E-state index is 0.420. The third kappa shape index (κ3) is 1.84. The molecule has 0 aliphatic heterocycles. The third-order valence-corrected chi connectivity index (χ3v) is 5.33. The van der Waals surface area contributed by atoms with E-state index >= 15 is 0 Å². The van der Waals surface area contributed by atoms with E-state index in [1.165, 1.54) is 32.1 Å². The van der Waals surface area contributed by atoms with Crippen LogP contribution in [-0.4, -0.2) is 10.7 Å². The highest BCUT2D eigenvalue weighted by Crippen LogP contribution is 2.56. The van der Waals surface area contributed by atoms with Crippen LogP contribution >= 0.6 is 0 Å². The lowest BCUT2D eigenvalue weighted by Gasteiger charge is -2.41. The van der Waals surface area contributed by atoms with Gasteiger partial charge in [-0.3, -0.25) is 0 Å². The molecule has 1 spiro atoms. The number of hydrogen-bond acceptors (Lipinski definition) is 1. The number of rotatable bonds is 1. The van der Waals surface area contributed by atoms with Gasteiger partial charge >= 0.3 is 0 Å². The summed E-state index contributed by atoms with van der Waals surface area (Å²) in [7, 11) is 0. The van der Waals surface area contributed by atoms with E-state index in [1.54, 1.807) is 5.57 Å². The molecular weight excluding hydrogens is 196 g/mol. The molecule has 1 fully saturated rings. The lowest BCUT2D eigenvalue weighted by atomic mass is 9.64. The Kier molecular flexibility index (Phi) is 2.94. The van der Waals surface area contributed by atoms with Crippen LogP contribution in [-0.2, 0) is 0 Å². The van der Waals surface area contributed by atoms with E-state index in [4.69, 9.17) is 0 Å². The van der Waals surface area contributed by atoms with Crippen molar-refractivity contribution in [2.45, 2.75) is 65.4 Å². The molecule has 0 bridgehead atoms. The molecule has 1 nitrogen and oxygen atoms in total. The molecule has 16 heavy (non-hydrogen) atoms. The van der Waals surface area contributed by atoms with Crippen LogP contribution in [0.1, 0.15) is 59.8 Å². The highest BCUT2D eigenvalue weighted by atomic mass is 16.3. The van der Waals surface area contributed by atoms with Crippen molar-refractivity contribution in [2.75, 3.05) is 0 Å². The zero-order chi connectivity index (χ0) is 12.0. The fourth-order valence-electron chi connectivity index (χ4n) is 3.90. The second-order valence-corrected chi connectivity index (χ2v) is 6.62. The average Bonchev–Trinajstić information content (AvgIpc) is 2.60. The first-order chi connectivity index (χ1) is 7.36. The van der Waals surface area contributed by atoms with Crippen LogP contribution in [0.15, 0.2) is 11.6 Å². The van der Waals surface area contributed by atoms with Gasteiger partial charge in [-0.2, -0.15) is 0 Å². The molecule has 2 rings (SSSR count). The number of hydrogen-bond donors (Lipinski definition) is 1. The molecule has 2 aliphatic carbocycles. The summed E-state index contributed by atoms with van der Waals surface area (Å²) in [5.41, 5.74) is 1.52. The van der Waals surface area contributed by atoms with Gasteiger partial charge < -0.3 is 5.11 Å². The molecule has 0 aromatic rings. The van der Waals surface area contributed by atoms with Crippen LogP contribution in [0.25, 0.3) is 0 Å². The largest absolute Gasteiger partial charge is 0.390 e. The number of aliphatic hydroxyl groups is 1. The van der Waals surface area contributed by atoms with Crippen LogP contribution in [0.5, 0.6) is 0 Å². The highest BCUT2D eigenvalue weighted by Gasteiger charge is 2.48. The Bertz CT molecular complexity index is 297. The summed E-state index contributed by atoms with van der Waals surface area (Å²) in [6.45, 7) is 8.66. The molecule has 3 atom stereocenters. The summed E-state index contributed by atoms with van der Waals surface area (Å²) >= 11 is 0. The van der Waals surface area contributed by atoms with E-state index < -0.39 is 5.60 Å². The Morgan fingerprint density at radius 3 is 2.56 bits per heavy atom. The Morgan fingerprint density at radius 2 is 2.06 bits per heavy atom. The molecule has 2 aliphatic rings. The molecule has 92 valence electrons. The summed E-state index contributed by atoms with van der Waals surface area (Å²) in [4.78, 5) is 0. The van der Waals surface area contributed by atoms with Gasteiger partial charge in [0.15, 0.2) is 0 Å². The van der Waals surface area contributed by atoms with Gasteiger partial charge in [-0.05, 0) is 70.1 Å². The van der Waals surface area contributed by atoms with E-state index in [1.807, 2.05) is 13.8 Å². The summed E-state index contributed by atoms with van der Waals surface area (Å²) in [5, 5.41) is 10.2. The van der Waals surface area contributed by atoms with Gasteiger partial charge in [0.25, 0.3) is 0 Å². The van der Waals surface area contributed by atoms with Crippen LogP contribution in [0.3, 0.4) is 0 Å². The highest BCUT2D eigenvalue weighted by molar-refractivity contribution is 5.20. The molecule has 0 amide bonds. The third-order valence-electron chi connectivity index (χ3n) is 5.33. The Labute approximate surface area is 99.9 Å². The van der Waals surface area contributed by atoms with E-state index in [0.717, 1.165) is 5.92 Å². The quantitative estimate of drug-likeness (QED) is 0.667. The Hall–Kier alpha value is -0.300. The molecule has 0 aromatic carbocycles. The van der Waals surface area contributed by atoms with Crippen LogP contribution in [0, 0.1) is 17.3 Å². The molecular formula is C15H26O. The molecule has 2 unspecified atom stereocenters. The molecule has 0 radical (unpaired) electrons. The van der Waals surface area contributed by atoms with E-state index in [0.29, 0.717) is 11.3 Å². The Morgan fingerprint density at radius 1 is 1.38 bits per heavy atom. The summed E-state index contributed by atoms with van der Waals surface area (Å²) < 4.78 is 0. The van der Waals surface area contributed by atoms with Crippen molar-refractivity contribution < 1.29 is 5.11 Å². The van der Waals surface area contributed by atoms with E-state index in [-0.39, 0.29) is 0 Å². The van der Waals surface area contributed by atoms with Gasteiger partial charge in [-0.15, -0.1) is 0 Å². The van der Waals surface area contributed by atoms with Gasteiger partial charge in [0.05, 0.1) is 5.60 Å². The van der Waals surface area contributed by atoms with E-state index in [2.05, 4.69) is 19.9 Å². The van der Waals surface area contributed by atoms with E-state index in [9.17, 15) is 5.11 Å².